The third-order valence-electron chi connectivity index (χ3n) is 4.47. The molecule has 3 rings (SSSR count). The lowest BCUT2D eigenvalue weighted by Gasteiger charge is -2.31. The fraction of sp³-hybridized carbons (Fsp3) is 0.625. The maximum absolute atomic E-state index is 12.7. The molecule has 1 amide bonds. The van der Waals surface area contributed by atoms with Gasteiger partial charge in [-0.2, -0.15) is 0 Å². The van der Waals surface area contributed by atoms with E-state index in [1.165, 1.54) is 11.3 Å². The van der Waals surface area contributed by atoms with Crippen molar-refractivity contribution >= 4 is 22.4 Å². The average molecular weight is 363 g/mol. The number of nitrogens with one attached hydrogen (secondary N) is 1. The normalized spacial score (nSPS) is 18.0. The summed E-state index contributed by atoms with van der Waals surface area (Å²) >= 11 is 1.45. The highest BCUT2D eigenvalue weighted by Gasteiger charge is 2.29. The minimum Gasteiger partial charge on any atom is -0.365 e. The zero-order valence-electron chi connectivity index (χ0n) is 15.2. The molecular weight excluding hydrogens is 338 g/mol. The van der Waals surface area contributed by atoms with Crippen LogP contribution in [0.3, 0.4) is 0 Å². The number of hydrogen-bond acceptors (Lipinski definition) is 7. The molecule has 0 aromatic carbocycles. The predicted octanol–water partition coefficient (Wildman–Crippen LogP) is 1.39. The Labute approximate surface area is 151 Å². The van der Waals surface area contributed by atoms with Crippen molar-refractivity contribution in [2.75, 3.05) is 39.5 Å². The molecule has 1 N–H and O–H groups in total. The molecule has 0 saturated carbocycles. The molecule has 136 valence electrons. The van der Waals surface area contributed by atoms with E-state index in [-0.39, 0.29) is 11.8 Å². The van der Waals surface area contributed by atoms with Gasteiger partial charge in [-0.3, -0.25) is 4.79 Å². The van der Waals surface area contributed by atoms with Crippen molar-refractivity contribution in [3.05, 3.63) is 22.7 Å². The number of anilines is 1. The Bertz CT molecular complexity index is 739. The van der Waals surface area contributed by atoms with Gasteiger partial charge in [-0.15, -0.1) is 21.5 Å². The second-order valence-corrected chi connectivity index (χ2v) is 7.51. The van der Waals surface area contributed by atoms with E-state index < -0.39 is 0 Å². The van der Waals surface area contributed by atoms with E-state index in [4.69, 9.17) is 0 Å². The quantitative estimate of drug-likeness (QED) is 0.865. The van der Waals surface area contributed by atoms with Crippen LogP contribution in [-0.4, -0.2) is 69.7 Å². The number of nitrogens with zero attached hydrogens (tertiary/aromatic N) is 6. The van der Waals surface area contributed by atoms with E-state index in [1.807, 2.05) is 38.5 Å². The molecule has 1 atom stereocenters. The number of amides is 1. The molecule has 0 unspecified atom stereocenters. The molecule has 0 bridgehead atoms. The van der Waals surface area contributed by atoms with Crippen LogP contribution in [-0.2, 0) is 13.6 Å². The van der Waals surface area contributed by atoms with E-state index in [2.05, 4.69) is 30.0 Å². The molecule has 1 aliphatic heterocycles. The van der Waals surface area contributed by atoms with Gasteiger partial charge >= 0.3 is 0 Å². The van der Waals surface area contributed by atoms with Gasteiger partial charge in [-0.25, -0.2) is 4.98 Å². The first kappa shape index (κ1) is 17.8. The van der Waals surface area contributed by atoms with Gasteiger partial charge in [0.25, 0.3) is 5.91 Å². The Hall–Kier alpha value is -2.00. The molecule has 1 aliphatic rings. The van der Waals surface area contributed by atoms with Crippen LogP contribution in [0, 0.1) is 0 Å². The first-order valence-electron chi connectivity index (χ1n) is 8.45. The van der Waals surface area contributed by atoms with E-state index >= 15 is 0 Å². The topological polar surface area (TPSA) is 79.2 Å². The van der Waals surface area contributed by atoms with Crippen molar-refractivity contribution in [2.45, 2.75) is 25.3 Å². The van der Waals surface area contributed by atoms with Gasteiger partial charge in [0, 0.05) is 38.5 Å². The predicted molar refractivity (Wildman–Crippen MR) is 97.9 cm³/mol. The minimum atomic E-state index is -0.00173. The van der Waals surface area contributed by atoms with E-state index in [0.29, 0.717) is 12.2 Å². The van der Waals surface area contributed by atoms with Crippen LogP contribution in [0.2, 0.25) is 0 Å². The summed E-state index contributed by atoms with van der Waals surface area (Å²) in [4.78, 5) is 21.0. The highest BCUT2D eigenvalue weighted by Crippen LogP contribution is 2.27. The zero-order chi connectivity index (χ0) is 18.0. The van der Waals surface area contributed by atoms with Crippen LogP contribution < -0.4 is 5.32 Å². The van der Waals surface area contributed by atoms with Crippen molar-refractivity contribution in [1.82, 2.24) is 29.5 Å². The van der Waals surface area contributed by atoms with Crippen LogP contribution in [0.15, 0.2) is 5.38 Å². The van der Waals surface area contributed by atoms with Crippen LogP contribution in [0.25, 0.3) is 0 Å². The average Bonchev–Trinajstić information content (AvgIpc) is 3.21. The SMILES string of the molecule is CNc1nc(C(=O)N2CCC[C@H](c3nnc(CN(C)C)n3C)C2)cs1. The first-order chi connectivity index (χ1) is 12.0. The van der Waals surface area contributed by atoms with Crippen molar-refractivity contribution in [3.63, 3.8) is 0 Å². The maximum atomic E-state index is 12.7. The molecule has 0 spiro atoms. The number of likely N-dealkylation sites (tertiary alicyclic amines) is 1. The molecule has 0 aliphatic carbocycles. The molecule has 2 aromatic heterocycles. The second kappa shape index (κ2) is 7.49. The highest BCUT2D eigenvalue weighted by atomic mass is 32.1. The summed E-state index contributed by atoms with van der Waals surface area (Å²) < 4.78 is 2.07. The number of thiazole rings is 1. The van der Waals surface area contributed by atoms with E-state index in [9.17, 15) is 4.79 Å². The van der Waals surface area contributed by atoms with Gasteiger partial charge in [0.05, 0.1) is 6.54 Å². The molecule has 0 radical (unpaired) electrons. The molecule has 3 heterocycles. The summed E-state index contributed by atoms with van der Waals surface area (Å²) in [5.41, 5.74) is 0.515. The third-order valence-corrected chi connectivity index (χ3v) is 5.33. The third kappa shape index (κ3) is 3.82. The lowest BCUT2D eigenvalue weighted by atomic mass is 9.97. The minimum absolute atomic E-state index is 0.00173. The van der Waals surface area contributed by atoms with Crippen LogP contribution in [0.5, 0.6) is 0 Å². The Morgan fingerprint density at radius 1 is 1.44 bits per heavy atom. The molecule has 25 heavy (non-hydrogen) atoms. The first-order valence-corrected chi connectivity index (χ1v) is 9.33. The van der Waals surface area contributed by atoms with Gasteiger partial charge in [0.15, 0.2) is 5.13 Å². The number of carbonyl (C=O) groups excluding carboxylic acids is 1. The molecule has 1 saturated heterocycles. The molecular formula is C16H25N7OS. The number of hydrogen-bond donors (Lipinski definition) is 1. The Balaban J connectivity index is 1.73. The number of piperidine rings is 1. The number of carbonyl (C=O) groups is 1. The second-order valence-electron chi connectivity index (χ2n) is 6.65. The van der Waals surface area contributed by atoms with Crippen LogP contribution >= 0.6 is 11.3 Å². The monoisotopic (exact) mass is 363 g/mol. The maximum Gasteiger partial charge on any atom is 0.273 e. The van der Waals surface area contributed by atoms with Crippen molar-refractivity contribution in [3.8, 4) is 0 Å². The van der Waals surface area contributed by atoms with E-state index in [0.717, 1.165) is 42.7 Å². The van der Waals surface area contributed by atoms with Gasteiger partial charge in [0.2, 0.25) is 0 Å². The lowest BCUT2D eigenvalue weighted by Crippen LogP contribution is -2.40. The van der Waals surface area contributed by atoms with Crippen molar-refractivity contribution in [2.24, 2.45) is 7.05 Å². The number of aromatic nitrogens is 4. The summed E-state index contributed by atoms with van der Waals surface area (Å²) in [6.45, 7) is 2.19. The molecule has 1 fully saturated rings. The summed E-state index contributed by atoms with van der Waals surface area (Å²) in [5, 5.41) is 14.3. The van der Waals surface area contributed by atoms with Crippen molar-refractivity contribution < 1.29 is 4.79 Å². The van der Waals surface area contributed by atoms with E-state index in [1.54, 1.807) is 0 Å². The van der Waals surface area contributed by atoms with Gasteiger partial charge in [-0.1, -0.05) is 0 Å². The lowest BCUT2D eigenvalue weighted by molar-refractivity contribution is 0.0698. The molecule has 8 nitrogen and oxygen atoms in total. The van der Waals surface area contributed by atoms with Gasteiger partial charge in [0.1, 0.15) is 17.3 Å². The summed E-state index contributed by atoms with van der Waals surface area (Å²) in [6, 6.07) is 0. The summed E-state index contributed by atoms with van der Waals surface area (Å²) in [6.07, 6.45) is 1.99. The summed E-state index contributed by atoms with van der Waals surface area (Å²) in [7, 11) is 7.85. The number of rotatable bonds is 5. The Morgan fingerprint density at radius 2 is 2.24 bits per heavy atom. The van der Waals surface area contributed by atoms with Crippen LogP contribution in [0.1, 0.15) is 40.9 Å². The Morgan fingerprint density at radius 3 is 2.92 bits per heavy atom. The summed E-state index contributed by atoms with van der Waals surface area (Å²) in [5.74, 6) is 2.12. The smallest absolute Gasteiger partial charge is 0.273 e. The fourth-order valence-corrected chi connectivity index (χ4v) is 3.82. The fourth-order valence-electron chi connectivity index (χ4n) is 3.17. The molecule has 9 heteroatoms. The molecule has 2 aromatic rings. The standard InChI is InChI=1S/C16H25N7OS/c1-17-16-18-12(10-25-16)15(24)23-7-5-6-11(8-23)14-20-19-13(22(14)4)9-21(2)3/h10-11H,5-9H2,1-4H3,(H,17,18)/t11-/m0/s1. The Kier molecular flexibility index (Phi) is 5.33. The largest absolute Gasteiger partial charge is 0.365 e. The van der Waals surface area contributed by atoms with Crippen LogP contribution in [0.4, 0.5) is 5.13 Å². The highest BCUT2D eigenvalue weighted by molar-refractivity contribution is 7.13. The van der Waals surface area contributed by atoms with Gasteiger partial charge < -0.3 is 19.7 Å². The zero-order valence-corrected chi connectivity index (χ0v) is 16.0. The van der Waals surface area contributed by atoms with Gasteiger partial charge in [-0.05, 0) is 26.9 Å². The van der Waals surface area contributed by atoms with Crippen molar-refractivity contribution in [1.29, 1.82) is 0 Å².